The fraction of sp³-hybridized carbons (Fsp3) is 0.0588. The lowest BCUT2D eigenvalue weighted by Gasteiger charge is -2.06. The number of carbonyl (C=O) groups is 2. The number of benzene rings is 2. The molecule has 0 saturated heterocycles. The Morgan fingerprint density at radius 1 is 1.09 bits per heavy atom. The van der Waals surface area contributed by atoms with Crippen LogP contribution in [-0.2, 0) is 0 Å². The topological polar surface area (TPSA) is 43.4 Å². The first kappa shape index (κ1) is 15.8. The first-order valence-electron chi connectivity index (χ1n) is 6.79. The molecule has 0 fully saturated rings. The molecular weight excluding hydrogens is 334 g/mol. The normalized spacial score (nSPS) is 10.7. The minimum absolute atomic E-state index is 0.185. The van der Waals surface area contributed by atoms with Crippen LogP contribution in [0.4, 0.5) is 4.39 Å². The minimum Gasteiger partial charge on any atom is -0.483 e. The molecule has 0 aliphatic rings. The second kappa shape index (κ2) is 6.57. The lowest BCUT2D eigenvalue weighted by Crippen LogP contribution is -2.12. The summed E-state index contributed by atoms with van der Waals surface area (Å²) < 4.78 is 19.4. The van der Waals surface area contributed by atoms with Gasteiger partial charge in [-0.2, -0.15) is 0 Å². The first-order chi connectivity index (χ1) is 11.1. The molecular formula is C17H12FO3PS. The number of ketones is 1. The van der Waals surface area contributed by atoms with E-state index < -0.39 is 5.82 Å². The van der Waals surface area contributed by atoms with Gasteiger partial charge in [-0.1, -0.05) is 21.4 Å². The summed E-state index contributed by atoms with van der Waals surface area (Å²) in [6.45, 7) is -0.211. The van der Waals surface area contributed by atoms with Crippen LogP contribution in [0.5, 0.6) is 5.75 Å². The molecule has 1 heterocycles. The number of carbonyl (C=O) groups excluding carboxylic acids is 2. The van der Waals surface area contributed by atoms with E-state index in [1.807, 2.05) is 24.3 Å². The molecule has 0 N–H and O–H groups in total. The highest BCUT2D eigenvalue weighted by Crippen LogP contribution is 2.39. The molecule has 1 aromatic heterocycles. The standard InChI is InChI=1S/C17H12FO3PS/c18-11-7-5-10(6-8-11)13(19)9-21-15-12-3-1-2-4-14(12)23-16(15)17(20)22/h1-8H,9,22H2. The van der Waals surface area contributed by atoms with Crippen molar-refractivity contribution < 1.29 is 18.7 Å². The number of rotatable bonds is 5. The van der Waals surface area contributed by atoms with Gasteiger partial charge < -0.3 is 4.74 Å². The molecule has 3 aromatic rings. The first-order valence-corrected chi connectivity index (χ1v) is 8.18. The maximum atomic E-state index is 12.9. The van der Waals surface area contributed by atoms with E-state index in [-0.39, 0.29) is 17.9 Å². The Kier molecular flexibility index (Phi) is 4.51. The molecule has 3 rings (SSSR count). The van der Waals surface area contributed by atoms with Crippen LogP contribution in [0.15, 0.2) is 48.5 Å². The van der Waals surface area contributed by atoms with Crippen LogP contribution < -0.4 is 4.74 Å². The van der Waals surface area contributed by atoms with Gasteiger partial charge in [-0.3, -0.25) is 9.59 Å². The summed E-state index contributed by atoms with van der Waals surface area (Å²) in [6, 6.07) is 12.7. The molecule has 0 saturated carbocycles. The Morgan fingerprint density at radius 3 is 2.48 bits per heavy atom. The van der Waals surface area contributed by atoms with Crippen molar-refractivity contribution in [1.82, 2.24) is 0 Å². The highest BCUT2D eigenvalue weighted by atomic mass is 32.1. The van der Waals surface area contributed by atoms with Crippen LogP contribution >= 0.6 is 20.6 Å². The summed E-state index contributed by atoms with van der Waals surface area (Å²) in [7, 11) is 2.12. The third kappa shape index (κ3) is 3.31. The van der Waals surface area contributed by atoms with Gasteiger partial charge in [0.15, 0.2) is 17.9 Å². The van der Waals surface area contributed by atoms with Gasteiger partial charge in [0.1, 0.15) is 16.4 Å². The Labute approximate surface area is 138 Å². The second-order valence-corrected chi connectivity index (χ2v) is 6.42. The molecule has 0 aliphatic heterocycles. The number of ether oxygens (including phenoxy) is 1. The molecule has 0 amide bonds. The lowest BCUT2D eigenvalue weighted by molar-refractivity contribution is 0.0919. The van der Waals surface area contributed by atoms with Crippen molar-refractivity contribution >= 4 is 42.0 Å². The van der Waals surface area contributed by atoms with Crippen molar-refractivity contribution in [3.05, 3.63) is 64.8 Å². The molecule has 6 heteroatoms. The number of Topliss-reactive ketones (excluding diaryl/α,β-unsaturated/α-hetero) is 1. The quantitative estimate of drug-likeness (QED) is 0.510. The van der Waals surface area contributed by atoms with Crippen LogP contribution in [0.3, 0.4) is 0 Å². The molecule has 0 radical (unpaired) electrons. The maximum Gasteiger partial charge on any atom is 0.200 e. The molecule has 0 bridgehead atoms. The number of hydrogen-bond acceptors (Lipinski definition) is 4. The van der Waals surface area contributed by atoms with Crippen molar-refractivity contribution in [2.24, 2.45) is 0 Å². The third-order valence-electron chi connectivity index (χ3n) is 3.29. The van der Waals surface area contributed by atoms with Crippen molar-refractivity contribution in [2.75, 3.05) is 6.61 Å². The van der Waals surface area contributed by atoms with Gasteiger partial charge >= 0.3 is 0 Å². The zero-order chi connectivity index (χ0) is 16.4. The Morgan fingerprint density at radius 2 is 1.78 bits per heavy atom. The zero-order valence-corrected chi connectivity index (χ0v) is 13.9. The van der Waals surface area contributed by atoms with E-state index in [1.54, 1.807) is 0 Å². The van der Waals surface area contributed by atoms with Gasteiger partial charge in [-0.05, 0) is 36.4 Å². The molecule has 2 aromatic carbocycles. The predicted molar refractivity (Wildman–Crippen MR) is 92.1 cm³/mol. The van der Waals surface area contributed by atoms with Crippen LogP contribution in [0.25, 0.3) is 10.1 Å². The molecule has 116 valence electrons. The summed E-state index contributed by atoms with van der Waals surface area (Å²) in [5, 5.41) is 0.801. The highest BCUT2D eigenvalue weighted by Gasteiger charge is 2.18. The highest BCUT2D eigenvalue weighted by molar-refractivity contribution is 7.44. The number of hydrogen-bond donors (Lipinski definition) is 0. The average Bonchev–Trinajstić information content (AvgIpc) is 2.92. The predicted octanol–water partition coefficient (Wildman–Crippen LogP) is 4.32. The van der Waals surface area contributed by atoms with Gasteiger partial charge in [-0.15, -0.1) is 11.3 Å². The SMILES string of the molecule is O=C(COc1c(C(=O)P)sc2ccccc12)c1ccc(F)cc1. The third-order valence-corrected chi connectivity index (χ3v) is 4.95. The van der Waals surface area contributed by atoms with Gasteiger partial charge in [-0.25, -0.2) is 4.39 Å². The summed E-state index contributed by atoms with van der Waals surface area (Å²) >= 11 is 1.33. The zero-order valence-electron chi connectivity index (χ0n) is 11.9. The van der Waals surface area contributed by atoms with Gasteiger partial charge in [0.05, 0.1) is 0 Å². The Balaban J connectivity index is 1.86. The van der Waals surface area contributed by atoms with Crippen molar-refractivity contribution in [2.45, 2.75) is 0 Å². The van der Waals surface area contributed by atoms with Crippen molar-refractivity contribution in [3.8, 4) is 5.75 Å². The molecule has 23 heavy (non-hydrogen) atoms. The summed E-state index contributed by atoms with van der Waals surface area (Å²) in [4.78, 5) is 24.4. The van der Waals surface area contributed by atoms with Crippen LogP contribution in [0.1, 0.15) is 20.0 Å². The van der Waals surface area contributed by atoms with E-state index in [2.05, 4.69) is 9.24 Å². The Hall–Kier alpha value is -2.10. The van der Waals surface area contributed by atoms with Gasteiger partial charge in [0, 0.05) is 15.6 Å². The lowest BCUT2D eigenvalue weighted by atomic mass is 10.1. The van der Waals surface area contributed by atoms with Gasteiger partial charge in [0.25, 0.3) is 0 Å². The largest absolute Gasteiger partial charge is 0.483 e. The Bertz CT molecular complexity index is 886. The average molecular weight is 346 g/mol. The summed E-state index contributed by atoms with van der Waals surface area (Å²) in [5.74, 6) is -0.259. The van der Waals surface area contributed by atoms with Gasteiger partial charge in [0.2, 0.25) is 0 Å². The molecule has 0 spiro atoms. The van der Waals surface area contributed by atoms with Crippen molar-refractivity contribution in [1.29, 1.82) is 0 Å². The second-order valence-electron chi connectivity index (χ2n) is 4.84. The molecule has 1 atom stereocenters. The van der Waals surface area contributed by atoms with E-state index in [1.165, 1.54) is 35.6 Å². The van der Waals surface area contributed by atoms with E-state index in [4.69, 9.17) is 4.74 Å². The van der Waals surface area contributed by atoms with Crippen LogP contribution in [0.2, 0.25) is 0 Å². The molecule has 0 aliphatic carbocycles. The smallest absolute Gasteiger partial charge is 0.200 e. The van der Waals surface area contributed by atoms with E-state index in [9.17, 15) is 14.0 Å². The summed E-state index contributed by atoms with van der Waals surface area (Å²) in [5.41, 5.74) is 0.181. The molecule has 3 nitrogen and oxygen atoms in total. The minimum atomic E-state index is -0.401. The fourth-order valence-corrected chi connectivity index (χ4v) is 3.49. The van der Waals surface area contributed by atoms with Crippen LogP contribution in [-0.4, -0.2) is 17.9 Å². The number of fused-ring (bicyclic) bond motifs is 1. The maximum absolute atomic E-state index is 12.9. The number of thiophene rings is 1. The van der Waals surface area contributed by atoms with E-state index in [0.29, 0.717) is 16.2 Å². The van der Waals surface area contributed by atoms with Crippen LogP contribution in [0, 0.1) is 5.82 Å². The van der Waals surface area contributed by atoms with E-state index >= 15 is 0 Å². The number of halogens is 1. The van der Waals surface area contributed by atoms with E-state index in [0.717, 1.165) is 10.1 Å². The molecule has 1 unspecified atom stereocenters. The van der Waals surface area contributed by atoms with Crippen molar-refractivity contribution in [3.63, 3.8) is 0 Å². The monoisotopic (exact) mass is 346 g/mol. The fourth-order valence-electron chi connectivity index (χ4n) is 2.18. The summed E-state index contributed by atoms with van der Waals surface area (Å²) in [6.07, 6.45) is 0.